The Balaban J connectivity index is 1.58. The number of carbonyl (C=O) groups is 1. The summed E-state index contributed by atoms with van der Waals surface area (Å²) in [6, 6.07) is 17.4. The standard InChI is InChI=1S/C22H23N3O2/c1-27-18-13-11-16(12-14-18)22(26)23-15-21-24-19-9-5-6-10-20(19)25(21)17-7-3-2-4-8-17/h2-4,7-8,11-14H,5-6,9-10,15H2,1H3,(H,23,26). The van der Waals surface area contributed by atoms with Crippen molar-refractivity contribution in [3.8, 4) is 11.4 Å². The molecule has 1 aromatic heterocycles. The van der Waals surface area contributed by atoms with Gasteiger partial charge in [0, 0.05) is 16.9 Å². The smallest absolute Gasteiger partial charge is 0.251 e. The minimum atomic E-state index is -0.113. The third-order valence-electron chi connectivity index (χ3n) is 4.98. The third kappa shape index (κ3) is 3.58. The molecule has 1 amide bonds. The topological polar surface area (TPSA) is 56.1 Å². The maximum Gasteiger partial charge on any atom is 0.251 e. The molecule has 2 aromatic carbocycles. The number of aryl methyl sites for hydroxylation is 1. The Morgan fingerprint density at radius 1 is 1.07 bits per heavy atom. The molecule has 0 fully saturated rings. The van der Waals surface area contributed by atoms with Crippen molar-refractivity contribution in [2.45, 2.75) is 32.2 Å². The van der Waals surface area contributed by atoms with Crippen molar-refractivity contribution < 1.29 is 9.53 Å². The summed E-state index contributed by atoms with van der Waals surface area (Å²) in [5, 5.41) is 3.01. The van der Waals surface area contributed by atoms with Gasteiger partial charge < -0.3 is 10.1 Å². The quantitative estimate of drug-likeness (QED) is 0.754. The molecule has 138 valence electrons. The number of hydrogen-bond donors (Lipinski definition) is 1. The Morgan fingerprint density at radius 3 is 2.56 bits per heavy atom. The van der Waals surface area contributed by atoms with E-state index in [2.05, 4.69) is 22.0 Å². The average Bonchev–Trinajstić information content (AvgIpc) is 3.11. The minimum absolute atomic E-state index is 0.113. The predicted octanol–water partition coefficient (Wildman–Crippen LogP) is 3.69. The van der Waals surface area contributed by atoms with E-state index in [-0.39, 0.29) is 5.91 Å². The van der Waals surface area contributed by atoms with Crippen LogP contribution in [-0.2, 0) is 19.4 Å². The largest absolute Gasteiger partial charge is 0.497 e. The lowest BCUT2D eigenvalue weighted by Gasteiger charge is -2.15. The molecule has 0 unspecified atom stereocenters. The highest BCUT2D eigenvalue weighted by atomic mass is 16.5. The van der Waals surface area contributed by atoms with Crippen LogP contribution in [0.2, 0.25) is 0 Å². The van der Waals surface area contributed by atoms with Crippen LogP contribution in [0.5, 0.6) is 5.75 Å². The van der Waals surface area contributed by atoms with Crippen LogP contribution in [0.1, 0.15) is 40.4 Å². The lowest BCUT2D eigenvalue weighted by Crippen LogP contribution is -2.24. The van der Waals surface area contributed by atoms with Crippen LogP contribution in [0.25, 0.3) is 5.69 Å². The van der Waals surface area contributed by atoms with Gasteiger partial charge in [-0.15, -0.1) is 0 Å². The van der Waals surface area contributed by atoms with Crippen LogP contribution < -0.4 is 10.1 Å². The van der Waals surface area contributed by atoms with Gasteiger partial charge in [-0.1, -0.05) is 18.2 Å². The van der Waals surface area contributed by atoms with Crippen LogP contribution in [0.4, 0.5) is 0 Å². The lowest BCUT2D eigenvalue weighted by molar-refractivity contribution is 0.0949. The van der Waals surface area contributed by atoms with Gasteiger partial charge in [-0.3, -0.25) is 9.36 Å². The molecule has 5 nitrogen and oxygen atoms in total. The Labute approximate surface area is 159 Å². The van der Waals surface area contributed by atoms with Crippen molar-refractivity contribution in [2.75, 3.05) is 7.11 Å². The second kappa shape index (κ2) is 7.66. The van der Waals surface area contributed by atoms with E-state index in [1.54, 1.807) is 31.4 Å². The number of carbonyl (C=O) groups excluding carboxylic acids is 1. The van der Waals surface area contributed by atoms with E-state index in [1.165, 1.54) is 24.2 Å². The minimum Gasteiger partial charge on any atom is -0.497 e. The third-order valence-corrected chi connectivity index (χ3v) is 4.98. The Morgan fingerprint density at radius 2 is 1.81 bits per heavy atom. The molecule has 3 aromatic rings. The van der Waals surface area contributed by atoms with E-state index in [1.807, 2.05) is 18.2 Å². The molecule has 0 spiro atoms. The molecule has 5 heteroatoms. The fraction of sp³-hybridized carbons (Fsp3) is 0.273. The van der Waals surface area contributed by atoms with Gasteiger partial charge in [-0.25, -0.2) is 4.98 Å². The van der Waals surface area contributed by atoms with E-state index in [0.29, 0.717) is 12.1 Å². The number of methoxy groups -OCH3 is 1. The summed E-state index contributed by atoms with van der Waals surface area (Å²) < 4.78 is 7.36. The SMILES string of the molecule is COc1ccc(C(=O)NCc2nc3c(n2-c2ccccc2)CCCC3)cc1. The number of nitrogens with one attached hydrogen (secondary N) is 1. The second-order valence-electron chi connectivity index (χ2n) is 6.71. The van der Waals surface area contributed by atoms with Gasteiger partial charge >= 0.3 is 0 Å². The monoisotopic (exact) mass is 361 g/mol. The number of rotatable bonds is 5. The Kier molecular flexibility index (Phi) is 4.92. The summed E-state index contributed by atoms with van der Waals surface area (Å²) in [6.45, 7) is 0.396. The lowest BCUT2D eigenvalue weighted by atomic mass is 10.0. The summed E-state index contributed by atoms with van der Waals surface area (Å²) in [4.78, 5) is 17.4. The van der Waals surface area contributed by atoms with Gasteiger partial charge in [-0.2, -0.15) is 0 Å². The number of nitrogens with zero attached hydrogens (tertiary/aromatic N) is 2. The normalized spacial score (nSPS) is 13.1. The summed E-state index contributed by atoms with van der Waals surface area (Å²) in [7, 11) is 1.61. The number of ether oxygens (including phenoxy) is 1. The highest BCUT2D eigenvalue weighted by Crippen LogP contribution is 2.25. The molecule has 1 aliphatic carbocycles. The molecular formula is C22H23N3O2. The zero-order chi connectivity index (χ0) is 18.6. The number of benzene rings is 2. The first-order chi connectivity index (χ1) is 13.3. The van der Waals surface area contributed by atoms with E-state index in [0.717, 1.165) is 30.1 Å². The molecule has 0 radical (unpaired) electrons. The second-order valence-corrected chi connectivity index (χ2v) is 6.71. The van der Waals surface area contributed by atoms with Gasteiger partial charge in [-0.05, 0) is 62.1 Å². The van der Waals surface area contributed by atoms with Crippen LogP contribution in [-0.4, -0.2) is 22.6 Å². The summed E-state index contributed by atoms with van der Waals surface area (Å²) >= 11 is 0. The summed E-state index contributed by atoms with van der Waals surface area (Å²) in [6.07, 6.45) is 4.40. The molecule has 1 heterocycles. The molecule has 0 atom stereocenters. The number of hydrogen-bond acceptors (Lipinski definition) is 3. The first-order valence-corrected chi connectivity index (χ1v) is 9.33. The van der Waals surface area contributed by atoms with Crippen molar-refractivity contribution in [3.63, 3.8) is 0 Å². The zero-order valence-corrected chi connectivity index (χ0v) is 15.4. The molecular weight excluding hydrogens is 338 g/mol. The van der Waals surface area contributed by atoms with Crippen LogP contribution in [0.15, 0.2) is 54.6 Å². The van der Waals surface area contributed by atoms with Gasteiger partial charge in [0.15, 0.2) is 0 Å². The molecule has 0 saturated carbocycles. The Bertz CT molecular complexity index is 930. The molecule has 27 heavy (non-hydrogen) atoms. The first-order valence-electron chi connectivity index (χ1n) is 9.33. The number of para-hydroxylation sites is 1. The summed E-state index contributed by atoms with van der Waals surface area (Å²) in [5.74, 6) is 1.51. The van der Waals surface area contributed by atoms with Crippen molar-refractivity contribution in [3.05, 3.63) is 77.4 Å². The Hall–Kier alpha value is -3.08. The van der Waals surface area contributed by atoms with E-state index >= 15 is 0 Å². The van der Waals surface area contributed by atoms with Crippen LogP contribution in [0, 0.1) is 0 Å². The molecule has 1 N–H and O–H groups in total. The molecule has 0 aliphatic heterocycles. The van der Waals surface area contributed by atoms with Crippen LogP contribution >= 0.6 is 0 Å². The fourth-order valence-electron chi connectivity index (χ4n) is 3.60. The fourth-order valence-corrected chi connectivity index (χ4v) is 3.60. The van der Waals surface area contributed by atoms with Crippen molar-refractivity contribution >= 4 is 5.91 Å². The van der Waals surface area contributed by atoms with E-state index in [9.17, 15) is 4.79 Å². The van der Waals surface area contributed by atoms with Crippen molar-refractivity contribution in [1.82, 2.24) is 14.9 Å². The van der Waals surface area contributed by atoms with Crippen molar-refractivity contribution in [1.29, 1.82) is 0 Å². The maximum absolute atomic E-state index is 12.5. The number of aromatic nitrogens is 2. The molecule has 4 rings (SSSR count). The predicted molar refractivity (Wildman–Crippen MR) is 104 cm³/mol. The van der Waals surface area contributed by atoms with Gasteiger partial charge in [0.25, 0.3) is 5.91 Å². The highest BCUT2D eigenvalue weighted by Gasteiger charge is 2.21. The maximum atomic E-state index is 12.5. The van der Waals surface area contributed by atoms with E-state index < -0.39 is 0 Å². The van der Waals surface area contributed by atoms with Gasteiger partial charge in [0.05, 0.1) is 19.3 Å². The average molecular weight is 361 g/mol. The highest BCUT2D eigenvalue weighted by molar-refractivity contribution is 5.94. The molecule has 0 bridgehead atoms. The van der Waals surface area contributed by atoms with E-state index in [4.69, 9.17) is 9.72 Å². The number of amides is 1. The molecule has 1 aliphatic rings. The van der Waals surface area contributed by atoms with Gasteiger partial charge in [0.1, 0.15) is 11.6 Å². The number of imidazole rings is 1. The zero-order valence-electron chi connectivity index (χ0n) is 15.4. The molecule has 0 saturated heterocycles. The summed E-state index contributed by atoms with van der Waals surface area (Å²) in [5.41, 5.74) is 4.15. The first kappa shape index (κ1) is 17.3. The van der Waals surface area contributed by atoms with Gasteiger partial charge in [0.2, 0.25) is 0 Å². The number of fused-ring (bicyclic) bond motifs is 1. The van der Waals surface area contributed by atoms with Crippen LogP contribution in [0.3, 0.4) is 0 Å². The van der Waals surface area contributed by atoms with Crippen molar-refractivity contribution in [2.24, 2.45) is 0 Å².